The Kier molecular flexibility index (Phi) is 1.79. The predicted molar refractivity (Wildman–Crippen MR) is 57.3 cm³/mol. The third-order valence-electron chi connectivity index (χ3n) is 2.29. The van der Waals surface area contributed by atoms with E-state index in [9.17, 15) is 4.79 Å². The SMILES string of the molecule is O=c1cnnc(-n2ccc3ccncc32)[nH]1. The molecule has 0 aliphatic rings. The number of nitrogens with one attached hydrogen (secondary N) is 1. The number of pyridine rings is 1. The summed E-state index contributed by atoms with van der Waals surface area (Å²) in [5.74, 6) is 0.385. The fourth-order valence-corrected chi connectivity index (χ4v) is 1.57. The maximum absolute atomic E-state index is 11.1. The van der Waals surface area contributed by atoms with Crippen molar-refractivity contribution in [2.24, 2.45) is 0 Å². The summed E-state index contributed by atoms with van der Waals surface area (Å²) in [7, 11) is 0. The molecule has 6 heteroatoms. The Morgan fingerprint density at radius 2 is 2.19 bits per heavy atom. The molecule has 3 heterocycles. The number of aromatic nitrogens is 5. The summed E-state index contributed by atoms with van der Waals surface area (Å²) < 4.78 is 1.73. The van der Waals surface area contributed by atoms with Gasteiger partial charge < -0.3 is 0 Å². The lowest BCUT2D eigenvalue weighted by molar-refractivity contribution is 0.855. The first-order valence-corrected chi connectivity index (χ1v) is 4.68. The van der Waals surface area contributed by atoms with Crippen LogP contribution in [0.1, 0.15) is 0 Å². The molecule has 0 radical (unpaired) electrons. The number of fused-ring (bicyclic) bond motifs is 1. The van der Waals surface area contributed by atoms with Crippen molar-refractivity contribution in [3.63, 3.8) is 0 Å². The number of H-pyrrole nitrogens is 1. The Morgan fingerprint density at radius 3 is 3.06 bits per heavy atom. The van der Waals surface area contributed by atoms with Crippen LogP contribution >= 0.6 is 0 Å². The molecule has 0 atom stereocenters. The number of rotatable bonds is 1. The van der Waals surface area contributed by atoms with Gasteiger partial charge in [-0.1, -0.05) is 0 Å². The Morgan fingerprint density at radius 1 is 1.25 bits per heavy atom. The van der Waals surface area contributed by atoms with Crippen molar-refractivity contribution in [3.8, 4) is 5.95 Å². The van der Waals surface area contributed by atoms with Crippen LogP contribution in [-0.4, -0.2) is 24.7 Å². The summed E-state index contributed by atoms with van der Waals surface area (Å²) in [6.45, 7) is 0. The van der Waals surface area contributed by atoms with Crippen LogP contribution in [0, 0.1) is 0 Å². The lowest BCUT2D eigenvalue weighted by atomic mass is 10.3. The zero-order valence-electron chi connectivity index (χ0n) is 8.16. The van der Waals surface area contributed by atoms with E-state index in [1.54, 1.807) is 17.0 Å². The van der Waals surface area contributed by atoms with E-state index in [0.717, 1.165) is 17.1 Å². The molecule has 0 saturated heterocycles. The van der Waals surface area contributed by atoms with Gasteiger partial charge in [0.15, 0.2) is 0 Å². The molecule has 1 N–H and O–H groups in total. The number of hydrogen-bond donors (Lipinski definition) is 1. The first-order valence-electron chi connectivity index (χ1n) is 4.68. The van der Waals surface area contributed by atoms with Crippen LogP contribution in [0.3, 0.4) is 0 Å². The average Bonchev–Trinajstić information content (AvgIpc) is 2.72. The van der Waals surface area contributed by atoms with Crippen LogP contribution in [0.25, 0.3) is 16.9 Å². The van der Waals surface area contributed by atoms with Crippen LogP contribution in [0.5, 0.6) is 0 Å². The molecule has 3 aromatic heterocycles. The minimum Gasteiger partial charge on any atom is -0.289 e. The van der Waals surface area contributed by atoms with Gasteiger partial charge in [-0.2, -0.15) is 0 Å². The average molecular weight is 213 g/mol. The molecule has 16 heavy (non-hydrogen) atoms. The van der Waals surface area contributed by atoms with Crippen LogP contribution in [0.4, 0.5) is 0 Å². The van der Waals surface area contributed by atoms with Crippen LogP contribution in [0.15, 0.2) is 41.7 Å². The first kappa shape index (κ1) is 8.78. The Labute approximate surface area is 89.6 Å². The van der Waals surface area contributed by atoms with E-state index in [4.69, 9.17) is 0 Å². The van der Waals surface area contributed by atoms with E-state index in [1.165, 1.54) is 0 Å². The van der Waals surface area contributed by atoms with Crippen LogP contribution in [0.2, 0.25) is 0 Å². The van der Waals surface area contributed by atoms with E-state index >= 15 is 0 Å². The zero-order valence-corrected chi connectivity index (χ0v) is 8.16. The molecular weight excluding hydrogens is 206 g/mol. The van der Waals surface area contributed by atoms with Gasteiger partial charge in [-0.05, 0) is 12.1 Å². The van der Waals surface area contributed by atoms with Crippen LogP contribution in [-0.2, 0) is 0 Å². The third kappa shape index (κ3) is 1.28. The van der Waals surface area contributed by atoms with Gasteiger partial charge in [0.25, 0.3) is 5.56 Å². The second-order valence-electron chi connectivity index (χ2n) is 3.28. The largest absolute Gasteiger partial charge is 0.289 e. The standard InChI is InChI=1S/C10H7N5O/c16-9-6-12-14-10(13-9)15-4-2-7-1-3-11-5-8(7)15/h1-6H,(H,13,14,16). The van der Waals surface area contributed by atoms with Gasteiger partial charge in [0.05, 0.1) is 11.7 Å². The molecule has 0 bridgehead atoms. The summed E-state index contributed by atoms with van der Waals surface area (Å²) in [5, 5.41) is 8.50. The monoisotopic (exact) mass is 213 g/mol. The van der Waals surface area contributed by atoms with E-state index in [2.05, 4.69) is 20.2 Å². The molecular formula is C10H7N5O. The number of aromatic amines is 1. The van der Waals surface area contributed by atoms with Crippen molar-refractivity contribution in [1.82, 2.24) is 24.7 Å². The summed E-state index contributed by atoms with van der Waals surface area (Å²) in [5.41, 5.74) is 0.592. The minimum absolute atomic E-state index is 0.282. The van der Waals surface area contributed by atoms with Gasteiger partial charge in [0.1, 0.15) is 6.20 Å². The maximum Gasteiger partial charge on any atom is 0.271 e. The van der Waals surface area contributed by atoms with Gasteiger partial charge >= 0.3 is 0 Å². The molecule has 0 fully saturated rings. The molecule has 0 aliphatic heterocycles. The lowest BCUT2D eigenvalue weighted by Crippen LogP contribution is -2.12. The fraction of sp³-hybridized carbons (Fsp3) is 0. The zero-order chi connectivity index (χ0) is 11.0. The van der Waals surface area contributed by atoms with E-state index < -0.39 is 0 Å². The molecule has 0 amide bonds. The minimum atomic E-state index is -0.282. The van der Waals surface area contributed by atoms with Gasteiger partial charge in [0, 0.05) is 17.8 Å². The Bertz CT molecular complexity index is 699. The molecule has 3 aromatic rings. The van der Waals surface area contributed by atoms with Gasteiger partial charge in [-0.3, -0.25) is 19.3 Å². The van der Waals surface area contributed by atoms with Gasteiger partial charge in [-0.15, -0.1) is 10.2 Å². The normalized spacial score (nSPS) is 10.8. The molecule has 0 saturated carbocycles. The van der Waals surface area contributed by atoms with Crippen molar-refractivity contribution < 1.29 is 0 Å². The molecule has 0 spiro atoms. The Balaban J connectivity index is 2.30. The summed E-state index contributed by atoms with van der Waals surface area (Å²) in [6, 6.07) is 3.81. The second-order valence-corrected chi connectivity index (χ2v) is 3.28. The molecule has 0 aromatic carbocycles. The molecule has 6 nitrogen and oxygen atoms in total. The highest BCUT2D eigenvalue weighted by atomic mass is 16.1. The van der Waals surface area contributed by atoms with E-state index in [-0.39, 0.29) is 5.56 Å². The molecule has 0 unspecified atom stereocenters. The fourth-order valence-electron chi connectivity index (χ4n) is 1.57. The van der Waals surface area contributed by atoms with Crippen molar-refractivity contribution in [2.45, 2.75) is 0 Å². The Hall–Kier alpha value is -2.50. The highest BCUT2D eigenvalue weighted by Gasteiger charge is 2.04. The number of nitrogens with zero attached hydrogens (tertiary/aromatic N) is 4. The molecule has 3 rings (SSSR count). The smallest absolute Gasteiger partial charge is 0.271 e. The first-order chi connectivity index (χ1) is 7.84. The van der Waals surface area contributed by atoms with Crippen molar-refractivity contribution in [2.75, 3.05) is 0 Å². The van der Waals surface area contributed by atoms with Crippen molar-refractivity contribution >= 4 is 10.9 Å². The van der Waals surface area contributed by atoms with E-state index in [0.29, 0.717) is 5.95 Å². The van der Waals surface area contributed by atoms with Crippen LogP contribution < -0.4 is 5.56 Å². The van der Waals surface area contributed by atoms with Gasteiger partial charge in [-0.25, -0.2) is 0 Å². The third-order valence-corrected chi connectivity index (χ3v) is 2.29. The molecule has 0 aliphatic carbocycles. The highest BCUT2D eigenvalue weighted by Crippen LogP contribution is 2.15. The quantitative estimate of drug-likeness (QED) is 0.638. The topological polar surface area (TPSA) is 76.5 Å². The molecule has 78 valence electrons. The van der Waals surface area contributed by atoms with Crippen molar-refractivity contribution in [1.29, 1.82) is 0 Å². The summed E-state index contributed by atoms with van der Waals surface area (Å²) >= 11 is 0. The highest BCUT2D eigenvalue weighted by molar-refractivity contribution is 5.80. The summed E-state index contributed by atoms with van der Waals surface area (Å²) in [4.78, 5) is 17.8. The maximum atomic E-state index is 11.1. The number of hydrogen-bond acceptors (Lipinski definition) is 4. The summed E-state index contributed by atoms with van der Waals surface area (Å²) in [6.07, 6.45) is 6.37. The van der Waals surface area contributed by atoms with Crippen molar-refractivity contribution in [3.05, 3.63) is 47.3 Å². The lowest BCUT2D eigenvalue weighted by Gasteiger charge is -2.01. The predicted octanol–water partition coefficient (Wildman–Crippen LogP) is 0.504. The van der Waals surface area contributed by atoms with E-state index in [1.807, 2.05) is 18.3 Å². The second kappa shape index (κ2) is 3.27. The van der Waals surface area contributed by atoms with Gasteiger partial charge in [0.2, 0.25) is 5.95 Å².